The van der Waals surface area contributed by atoms with Gasteiger partial charge in [0.1, 0.15) is 12.0 Å². The van der Waals surface area contributed by atoms with E-state index in [1.54, 1.807) is 12.1 Å². The number of aliphatic hydroxyl groups excluding tert-OH is 1. The van der Waals surface area contributed by atoms with Crippen molar-refractivity contribution in [3.05, 3.63) is 34.1 Å². The fourth-order valence-electron chi connectivity index (χ4n) is 0.749. The average molecular weight is 220 g/mol. The van der Waals surface area contributed by atoms with E-state index < -0.39 is 12.0 Å². The predicted molar refractivity (Wildman–Crippen MR) is 43.2 cm³/mol. The van der Waals surface area contributed by atoms with Gasteiger partial charge in [-0.1, -0.05) is 12.1 Å². The van der Waals surface area contributed by atoms with Crippen LogP contribution in [0.2, 0.25) is 0 Å². The fraction of sp³-hybridized carbons (Fsp3) is 0.143. The SMILES string of the molecule is NC(O)c1cccc(Br)c1F. The molecule has 4 heteroatoms. The van der Waals surface area contributed by atoms with Gasteiger partial charge in [0, 0.05) is 5.56 Å². The third-order valence-electron chi connectivity index (χ3n) is 1.30. The lowest BCUT2D eigenvalue weighted by Gasteiger charge is -2.06. The molecular formula is C7H7BrFNO. The van der Waals surface area contributed by atoms with E-state index in [4.69, 9.17) is 10.8 Å². The minimum Gasteiger partial charge on any atom is -0.374 e. The van der Waals surface area contributed by atoms with Crippen LogP contribution >= 0.6 is 15.9 Å². The number of benzene rings is 1. The summed E-state index contributed by atoms with van der Waals surface area (Å²) in [6, 6.07) is 4.59. The van der Waals surface area contributed by atoms with Crippen molar-refractivity contribution in [3.8, 4) is 0 Å². The summed E-state index contributed by atoms with van der Waals surface area (Å²) in [5.41, 5.74) is 5.17. The molecule has 0 amide bonds. The Hall–Kier alpha value is -0.450. The fourth-order valence-corrected chi connectivity index (χ4v) is 1.13. The summed E-state index contributed by atoms with van der Waals surface area (Å²) in [6.45, 7) is 0. The van der Waals surface area contributed by atoms with Crippen LogP contribution in [-0.4, -0.2) is 5.11 Å². The molecule has 0 spiro atoms. The van der Waals surface area contributed by atoms with Gasteiger partial charge in [-0.25, -0.2) is 4.39 Å². The van der Waals surface area contributed by atoms with E-state index in [9.17, 15) is 4.39 Å². The second kappa shape index (κ2) is 3.30. The molecule has 0 aliphatic carbocycles. The van der Waals surface area contributed by atoms with Crippen LogP contribution in [0.3, 0.4) is 0 Å². The van der Waals surface area contributed by atoms with Gasteiger partial charge in [-0.2, -0.15) is 0 Å². The molecule has 3 N–H and O–H groups in total. The molecule has 0 aliphatic heterocycles. The molecule has 0 heterocycles. The standard InChI is InChI=1S/C7H7BrFNO/c8-5-3-1-2-4(6(5)9)7(10)11/h1-3,7,11H,10H2. The number of halogens is 2. The highest BCUT2D eigenvalue weighted by Crippen LogP contribution is 2.21. The summed E-state index contributed by atoms with van der Waals surface area (Å²) in [4.78, 5) is 0. The Balaban J connectivity index is 3.17. The number of aliphatic hydroxyl groups is 1. The van der Waals surface area contributed by atoms with Gasteiger partial charge >= 0.3 is 0 Å². The summed E-state index contributed by atoms with van der Waals surface area (Å²) >= 11 is 2.97. The summed E-state index contributed by atoms with van der Waals surface area (Å²) in [5.74, 6) is -0.512. The van der Waals surface area contributed by atoms with Crippen LogP contribution in [0.4, 0.5) is 4.39 Å². The molecule has 0 saturated carbocycles. The molecule has 0 aliphatic rings. The Bertz CT molecular complexity index is 265. The van der Waals surface area contributed by atoms with Crippen molar-refractivity contribution in [3.63, 3.8) is 0 Å². The van der Waals surface area contributed by atoms with E-state index in [0.717, 1.165) is 0 Å². The molecule has 1 aromatic carbocycles. The summed E-state index contributed by atoms with van der Waals surface area (Å²) < 4.78 is 13.3. The normalized spacial score (nSPS) is 13.1. The molecule has 1 atom stereocenters. The topological polar surface area (TPSA) is 46.2 Å². The molecule has 0 fully saturated rings. The zero-order chi connectivity index (χ0) is 8.43. The van der Waals surface area contributed by atoms with Crippen molar-refractivity contribution in [1.29, 1.82) is 0 Å². The Labute approximate surface area is 72.0 Å². The quantitative estimate of drug-likeness (QED) is 0.705. The van der Waals surface area contributed by atoms with Gasteiger partial charge in [0.15, 0.2) is 0 Å². The summed E-state index contributed by atoms with van der Waals surface area (Å²) in [5, 5.41) is 8.85. The van der Waals surface area contributed by atoms with Gasteiger partial charge in [-0.15, -0.1) is 0 Å². The zero-order valence-electron chi connectivity index (χ0n) is 5.59. The van der Waals surface area contributed by atoms with Crippen LogP contribution in [0, 0.1) is 5.82 Å². The lowest BCUT2D eigenvalue weighted by Crippen LogP contribution is -2.10. The van der Waals surface area contributed by atoms with Crippen LogP contribution in [-0.2, 0) is 0 Å². The van der Waals surface area contributed by atoms with Gasteiger partial charge in [0.05, 0.1) is 4.47 Å². The Morgan fingerprint density at radius 3 is 2.64 bits per heavy atom. The molecule has 0 aromatic heterocycles. The summed E-state index contributed by atoms with van der Waals surface area (Å²) in [6.07, 6.45) is -1.26. The van der Waals surface area contributed by atoms with Crippen LogP contribution in [0.25, 0.3) is 0 Å². The molecule has 1 unspecified atom stereocenters. The Morgan fingerprint density at radius 1 is 1.55 bits per heavy atom. The van der Waals surface area contributed by atoms with Gasteiger partial charge < -0.3 is 10.8 Å². The molecule has 0 bridgehead atoms. The van der Waals surface area contributed by atoms with Gasteiger partial charge in [-0.3, -0.25) is 0 Å². The zero-order valence-corrected chi connectivity index (χ0v) is 7.18. The number of nitrogens with two attached hydrogens (primary N) is 1. The number of rotatable bonds is 1. The molecule has 2 nitrogen and oxygen atoms in total. The van der Waals surface area contributed by atoms with Crippen LogP contribution < -0.4 is 5.73 Å². The van der Waals surface area contributed by atoms with Crippen LogP contribution in [0.5, 0.6) is 0 Å². The third kappa shape index (κ3) is 1.77. The summed E-state index contributed by atoms with van der Waals surface area (Å²) in [7, 11) is 0. The average Bonchev–Trinajstić information content (AvgIpc) is 1.94. The first-order valence-electron chi connectivity index (χ1n) is 3.00. The van der Waals surface area contributed by atoms with E-state index in [-0.39, 0.29) is 5.56 Å². The highest BCUT2D eigenvalue weighted by atomic mass is 79.9. The molecular weight excluding hydrogens is 213 g/mol. The van der Waals surface area contributed by atoms with Gasteiger partial charge in [0.2, 0.25) is 0 Å². The first-order valence-corrected chi connectivity index (χ1v) is 3.80. The highest BCUT2D eigenvalue weighted by Gasteiger charge is 2.09. The van der Waals surface area contributed by atoms with E-state index in [0.29, 0.717) is 4.47 Å². The minimum atomic E-state index is -1.26. The lowest BCUT2D eigenvalue weighted by molar-refractivity contribution is 0.181. The lowest BCUT2D eigenvalue weighted by atomic mass is 10.2. The maximum absolute atomic E-state index is 13.0. The minimum absolute atomic E-state index is 0.0966. The van der Waals surface area contributed by atoms with Crippen molar-refractivity contribution < 1.29 is 9.50 Å². The predicted octanol–water partition coefficient (Wildman–Crippen LogP) is 1.54. The molecule has 60 valence electrons. The molecule has 0 radical (unpaired) electrons. The largest absolute Gasteiger partial charge is 0.374 e. The van der Waals surface area contributed by atoms with Crippen molar-refractivity contribution in [2.45, 2.75) is 6.23 Å². The second-order valence-electron chi connectivity index (χ2n) is 2.09. The van der Waals surface area contributed by atoms with Crippen molar-refractivity contribution >= 4 is 15.9 Å². The Kier molecular flexibility index (Phi) is 2.59. The van der Waals surface area contributed by atoms with E-state index in [1.807, 2.05) is 0 Å². The Morgan fingerprint density at radius 2 is 2.18 bits per heavy atom. The van der Waals surface area contributed by atoms with Crippen LogP contribution in [0.1, 0.15) is 11.8 Å². The van der Waals surface area contributed by atoms with E-state index in [1.165, 1.54) is 6.07 Å². The van der Waals surface area contributed by atoms with Crippen molar-refractivity contribution in [1.82, 2.24) is 0 Å². The van der Waals surface area contributed by atoms with Crippen molar-refractivity contribution in [2.24, 2.45) is 5.73 Å². The molecule has 1 rings (SSSR count). The number of hydrogen-bond acceptors (Lipinski definition) is 2. The monoisotopic (exact) mass is 219 g/mol. The third-order valence-corrected chi connectivity index (χ3v) is 1.91. The van der Waals surface area contributed by atoms with Crippen LogP contribution in [0.15, 0.2) is 22.7 Å². The number of hydrogen-bond donors (Lipinski definition) is 2. The molecule has 11 heavy (non-hydrogen) atoms. The smallest absolute Gasteiger partial charge is 0.144 e. The second-order valence-corrected chi connectivity index (χ2v) is 2.94. The van der Waals surface area contributed by atoms with E-state index in [2.05, 4.69) is 15.9 Å². The first-order chi connectivity index (χ1) is 5.13. The van der Waals surface area contributed by atoms with E-state index >= 15 is 0 Å². The van der Waals surface area contributed by atoms with Gasteiger partial charge in [0.25, 0.3) is 0 Å². The highest BCUT2D eigenvalue weighted by molar-refractivity contribution is 9.10. The maximum atomic E-state index is 13.0. The molecule has 1 aromatic rings. The first kappa shape index (κ1) is 8.64. The van der Waals surface area contributed by atoms with Crippen molar-refractivity contribution in [2.75, 3.05) is 0 Å². The maximum Gasteiger partial charge on any atom is 0.144 e. The van der Waals surface area contributed by atoms with Gasteiger partial charge in [-0.05, 0) is 22.0 Å². The molecule has 0 saturated heterocycles.